The van der Waals surface area contributed by atoms with Crippen LogP contribution in [0.4, 0.5) is 21.5 Å². The van der Waals surface area contributed by atoms with E-state index >= 15 is 0 Å². The van der Waals surface area contributed by atoms with Crippen LogP contribution in [0.5, 0.6) is 0 Å². The Morgan fingerprint density at radius 1 is 1.13 bits per heavy atom. The fraction of sp³-hybridized carbons (Fsp3) is 0.278. The second kappa shape index (κ2) is 6.69. The highest BCUT2D eigenvalue weighted by molar-refractivity contribution is 5.95. The number of rotatable bonds is 4. The van der Waals surface area contributed by atoms with Crippen LogP contribution >= 0.6 is 0 Å². The van der Waals surface area contributed by atoms with Crippen molar-refractivity contribution in [2.24, 2.45) is 0 Å². The SMILES string of the molecule is Nc1ccc(CC(=O)Nc2c(F)cccc2N2CCCC2)cc1. The lowest BCUT2D eigenvalue weighted by molar-refractivity contribution is -0.115. The van der Waals surface area contributed by atoms with Gasteiger partial charge in [-0.15, -0.1) is 0 Å². The van der Waals surface area contributed by atoms with E-state index < -0.39 is 5.82 Å². The van der Waals surface area contributed by atoms with Gasteiger partial charge >= 0.3 is 0 Å². The molecule has 3 N–H and O–H groups in total. The van der Waals surface area contributed by atoms with Crippen molar-refractivity contribution in [3.05, 3.63) is 53.8 Å². The summed E-state index contributed by atoms with van der Waals surface area (Å²) in [6.07, 6.45) is 2.37. The van der Waals surface area contributed by atoms with Crippen molar-refractivity contribution in [2.45, 2.75) is 19.3 Å². The zero-order chi connectivity index (χ0) is 16.2. The molecule has 1 aliphatic rings. The molecule has 0 saturated carbocycles. The molecule has 1 saturated heterocycles. The van der Waals surface area contributed by atoms with E-state index in [9.17, 15) is 9.18 Å². The van der Waals surface area contributed by atoms with Crippen molar-refractivity contribution >= 4 is 23.0 Å². The van der Waals surface area contributed by atoms with E-state index in [-0.39, 0.29) is 18.0 Å². The summed E-state index contributed by atoms with van der Waals surface area (Å²) in [6.45, 7) is 1.79. The Morgan fingerprint density at radius 3 is 2.52 bits per heavy atom. The van der Waals surface area contributed by atoms with Crippen LogP contribution in [-0.4, -0.2) is 19.0 Å². The molecule has 1 heterocycles. The van der Waals surface area contributed by atoms with Crippen LogP contribution in [0.25, 0.3) is 0 Å². The number of benzene rings is 2. The van der Waals surface area contributed by atoms with E-state index in [1.165, 1.54) is 6.07 Å². The second-order valence-corrected chi connectivity index (χ2v) is 5.79. The molecule has 23 heavy (non-hydrogen) atoms. The number of para-hydroxylation sites is 1. The lowest BCUT2D eigenvalue weighted by Gasteiger charge is -2.22. The van der Waals surface area contributed by atoms with Crippen molar-refractivity contribution in [3.63, 3.8) is 0 Å². The number of nitrogens with zero attached hydrogens (tertiary/aromatic N) is 1. The second-order valence-electron chi connectivity index (χ2n) is 5.79. The highest BCUT2D eigenvalue weighted by Crippen LogP contribution is 2.31. The quantitative estimate of drug-likeness (QED) is 0.852. The maximum atomic E-state index is 14.2. The number of carbonyl (C=O) groups is 1. The topological polar surface area (TPSA) is 58.4 Å². The first-order valence-corrected chi connectivity index (χ1v) is 7.81. The number of hydrogen-bond acceptors (Lipinski definition) is 3. The van der Waals surface area contributed by atoms with Gasteiger partial charge in [0, 0.05) is 18.8 Å². The standard InChI is InChI=1S/C18H20FN3O/c19-15-4-3-5-16(22-10-1-2-11-22)18(15)21-17(23)12-13-6-8-14(20)9-7-13/h3-9H,1-2,10-12,20H2,(H,21,23). The first-order chi connectivity index (χ1) is 11.1. The summed E-state index contributed by atoms with van der Waals surface area (Å²) in [5.74, 6) is -0.639. The smallest absolute Gasteiger partial charge is 0.228 e. The lowest BCUT2D eigenvalue weighted by atomic mass is 10.1. The Bertz CT molecular complexity index is 694. The minimum absolute atomic E-state index is 0.189. The molecule has 0 aliphatic carbocycles. The van der Waals surface area contributed by atoms with Crippen LogP contribution in [0.3, 0.4) is 0 Å². The predicted molar refractivity (Wildman–Crippen MR) is 91.0 cm³/mol. The fourth-order valence-corrected chi connectivity index (χ4v) is 2.86. The van der Waals surface area contributed by atoms with Crippen molar-refractivity contribution in [3.8, 4) is 0 Å². The summed E-state index contributed by atoms with van der Waals surface area (Å²) in [5.41, 5.74) is 8.16. The molecule has 0 unspecified atom stereocenters. The largest absolute Gasteiger partial charge is 0.399 e. The Balaban J connectivity index is 1.76. The highest BCUT2D eigenvalue weighted by Gasteiger charge is 2.19. The summed E-state index contributed by atoms with van der Waals surface area (Å²) in [7, 11) is 0. The molecule has 5 heteroatoms. The minimum Gasteiger partial charge on any atom is -0.399 e. The summed E-state index contributed by atoms with van der Waals surface area (Å²) in [5, 5.41) is 2.73. The van der Waals surface area contributed by atoms with Crippen molar-refractivity contribution in [1.29, 1.82) is 0 Å². The van der Waals surface area contributed by atoms with Crippen molar-refractivity contribution < 1.29 is 9.18 Å². The average Bonchev–Trinajstić information content (AvgIpc) is 3.06. The zero-order valence-electron chi connectivity index (χ0n) is 12.9. The third kappa shape index (κ3) is 3.62. The van der Waals surface area contributed by atoms with Gasteiger partial charge in [-0.2, -0.15) is 0 Å². The van der Waals surface area contributed by atoms with Crippen LogP contribution in [-0.2, 0) is 11.2 Å². The van der Waals surface area contributed by atoms with E-state index in [1.807, 2.05) is 6.07 Å². The molecule has 1 amide bonds. The van der Waals surface area contributed by atoms with Gasteiger partial charge in [-0.3, -0.25) is 4.79 Å². The maximum Gasteiger partial charge on any atom is 0.228 e. The lowest BCUT2D eigenvalue weighted by Crippen LogP contribution is -2.22. The van der Waals surface area contributed by atoms with Crippen LogP contribution < -0.4 is 16.0 Å². The molecule has 0 bridgehead atoms. The Labute approximate surface area is 135 Å². The molecule has 0 atom stereocenters. The van der Waals surface area contributed by atoms with Gasteiger partial charge in [0.2, 0.25) is 5.91 Å². The van der Waals surface area contributed by atoms with E-state index in [2.05, 4.69) is 10.2 Å². The van der Waals surface area contributed by atoms with Crippen LogP contribution in [0.1, 0.15) is 18.4 Å². The number of halogens is 1. The first kappa shape index (κ1) is 15.3. The molecule has 4 nitrogen and oxygen atoms in total. The van der Waals surface area contributed by atoms with Gasteiger partial charge in [0.1, 0.15) is 11.5 Å². The van der Waals surface area contributed by atoms with Crippen molar-refractivity contribution in [2.75, 3.05) is 29.0 Å². The van der Waals surface area contributed by atoms with E-state index in [0.717, 1.165) is 37.2 Å². The predicted octanol–water partition coefficient (Wildman–Crippen LogP) is 3.19. The molecule has 3 rings (SSSR count). The summed E-state index contributed by atoms with van der Waals surface area (Å²) < 4.78 is 14.2. The molecular formula is C18H20FN3O. The maximum absolute atomic E-state index is 14.2. The first-order valence-electron chi connectivity index (χ1n) is 7.81. The van der Waals surface area contributed by atoms with E-state index in [1.54, 1.807) is 30.3 Å². The van der Waals surface area contributed by atoms with Gasteiger partial charge in [-0.05, 0) is 42.7 Å². The molecule has 1 aliphatic heterocycles. The number of nitrogens with two attached hydrogens (primary N) is 1. The van der Waals surface area contributed by atoms with Crippen LogP contribution in [0.15, 0.2) is 42.5 Å². The molecule has 2 aromatic carbocycles. The number of hydrogen-bond donors (Lipinski definition) is 2. The van der Waals surface area contributed by atoms with Crippen LogP contribution in [0, 0.1) is 5.82 Å². The van der Waals surface area contributed by atoms with Gasteiger partial charge in [-0.1, -0.05) is 18.2 Å². The Hall–Kier alpha value is -2.56. The van der Waals surface area contributed by atoms with Crippen LogP contribution in [0.2, 0.25) is 0 Å². The van der Waals surface area contributed by atoms with Gasteiger partial charge in [0.25, 0.3) is 0 Å². The summed E-state index contributed by atoms with van der Waals surface area (Å²) >= 11 is 0. The van der Waals surface area contributed by atoms with Gasteiger partial charge < -0.3 is 16.0 Å². The third-order valence-electron chi connectivity index (χ3n) is 4.05. The third-order valence-corrected chi connectivity index (χ3v) is 4.05. The monoisotopic (exact) mass is 313 g/mol. The number of carbonyl (C=O) groups excluding carboxylic acids is 1. The summed E-state index contributed by atoms with van der Waals surface area (Å²) in [6, 6.07) is 12.0. The van der Waals surface area contributed by atoms with Gasteiger partial charge in [-0.25, -0.2) is 4.39 Å². The molecule has 0 radical (unpaired) electrons. The highest BCUT2D eigenvalue weighted by atomic mass is 19.1. The Kier molecular flexibility index (Phi) is 4.46. The van der Waals surface area contributed by atoms with E-state index in [0.29, 0.717) is 5.69 Å². The molecule has 1 fully saturated rings. The molecular weight excluding hydrogens is 293 g/mol. The number of anilines is 3. The molecule has 0 aromatic heterocycles. The van der Waals surface area contributed by atoms with Gasteiger partial charge in [0.05, 0.1) is 12.1 Å². The number of nitrogen functional groups attached to an aromatic ring is 1. The molecule has 0 spiro atoms. The fourth-order valence-electron chi connectivity index (χ4n) is 2.86. The molecule has 120 valence electrons. The number of amides is 1. The normalized spacial score (nSPS) is 14.0. The number of nitrogens with one attached hydrogen (secondary N) is 1. The summed E-state index contributed by atoms with van der Waals surface area (Å²) in [4.78, 5) is 14.4. The van der Waals surface area contributed by atoms with E-state index in [4.69, 9.17) is 5.73 Å². The molecule has 2 aromatic rings. The van der Waals surface area contributed by atoms with Crippen molar-refractivity contribution in [1.82, 2.24) is 0 Å². The minimum atomic E-state index is -0.403. The van der Waals surface area contributed by atoms with Gasteiger partial charge in [0.15, 0.2) is 0 Å². The zero-order valence-corrected chi connectivity index (χ0v) is 12.9. The average molecular weight is 313 g/mol. The Morgan fingerprint density at radius 2 is 1.83 bits per heavy atom.